The van der Waals surface area contributed by atoms with Gasteiger partial charge < -0.3 is 10.2 Å². The van der Waals surface area contributed by atoms with Crippen molar-refractivity contribution in [3.63, 3.8) is 0 Å². The molecule has 0 atom stereocenters. The predicted octanol–water partition coefficient (Wildman–Crippen LogP) is 2.49. The van der Waals surface area contributed by atoms with Crippen molar-refractivity contribution in [2.45, 2.75) is 33.6 Å². The van der Waals surface area contributed by atoms with Crippen molar-refractivity contribution >= 4 is 17.5 Å². The molecule has 0 fully saturated rings. The number of halogens is 1. The molecular weight excluding hydrogens is 302 g/mol. The van der Waals surface area contributed by atoms with Gasteiger partial charge in [0.1, 0.15) is 0 Å². The number of nitrogens with zero attached hydrogens (tertiary/aromatic N) is 4. The number of carbonyl (C=O) groups is 1. The summed E-state index contributed by atoms with van der Waals surface area (Å²) in [5, 5.41) is 7.37. The summed E-state index contributed by atoms with van der Waals surface area (Å²) in [7, 11) is 1.67. The second-order valence-electron chi connectivity index (χ2n) is 5.55. The van der Waals surface area contributed by atoms with E-state index in [9.17, 15) is 4.79 Å². The third-order valence-corrected chi connectivity index (χ3v) is 4.00. The van der Waals surface area contributed by atoms with Crippen molar-refractivity contribution in [2.24, 2.45) is 7.05 Å². The molecule has 0 radical (unpaired) electrons. The first-order chi connectivity index (χ1) is 10.4. The van der Waals surface area contributed by atoms with E-state index in [4.69, 9.17) is 11.6 Å². The highest BCUT2D eigenvalue weighted by atomic mass is 35.5. The molecule has 1 aromatic heterocycles. The SMILES string of the molecule is CCC(C)=CNC1=C(C)CN(C(=O)c2nc(Cl)nn2C)CC1. The van der Waals surface area contributed by atoms with Crippen molar-refractivity contribution in [3.05, 3.63) is 34.2 Å². The smallest absolute Gasteiger partial charge is 0.291 e. The highest BCUT2D eigenvalue weighted by Crippen LogP contribution is 2.18. The third kappa shape index (κ3) is 3.68. The maximum atomic E-state index is 12.5. The number of allylic oxidation sites excluding steroid dienone is 1. The molecule has 22 heavy (non-hydrogen) atoms. The molecule has 2 heterocycles. The average Bonchev–Trinajstić information content (AvgIpc) is 2.83. The van der Waals surface area contributed by atoms with Gasteiger partial charge in [0.25, 0.3) is 5.91 Å². The van der Waals surface area contributed by atoms with E-state index in [1.807, 2.05) is 13.1 Å². The Morgan fingerprint density at radius 1 is 1.50 bits per heavy atom. The van der Waals surface area contributed by atoms with Crippen LogP contribution in [0.15, 0.2) is 23.0 Å². The molecule has 0 bridgehead atoms. The molecule has 0 aliphatic carbocycles. The second-order valence-corrected chi connectivity index (χ2v) is 5.89. The first-order valence-electron chi connectivity index (χ1n) is 7.39. The van der Waals surface area contributed by atoms with Gasteiger partial charge in [0, 0.05) is 32.3 Å². The molecule has 0 saturated heterocycles. The summed E-state index contributed by atoms with van der Waals surface area (Å²) in [5.41, 5.74) is 3.65. The molecular formula is C15H22ClN5O. The van der Waals surface area contributed by atoms with E-state index < -0.39 is 0 Å². The zero-order valence-electron chi connectivity index (χ0n) is 13.5. The summed E-state index contributed by atoms with van der Waals surface area (Å²) in [4.78, 5) is 18.2. The highest BCUT2D eigenvalue weighted by Gasteiger charge is 2.25. The van der Waals surface area contributed by atoms with Crippen LogP contribution in [-0.2, 0) is 7.05 Å². The van der Waals surface area contributed by atoms with E-state index in [0.717, 1.165) is 18.4 Å². The van der Waals surface area contributed by atoms with Gasteiger partial charge in [-0.05, 0) is 43.6 Å². The number of hydrogen-bond donors (Lipinski definition) is 1. The third-order valence-electron chi connectivity index (χ3n) is 3.84. The normalized spacial score (nSPS) is 16.2. The van der Waals surface area contributed by atoms with Gasteiger partial charge in [-0.25, -0.2) is 4.68 Å². The first-order valence-corrected chi connectivity index (χ1v) is 7.76. The molecule has 0 aromatic carbocycles. The summed E-state index contributed by atoms with van der Waals surface area (Å²) in [6, 6.07) is 0. The van der Waals surface area contributed by atoms with Crippen molar-refractivity contribution in [1.29, 1.82) is 0 Å². The van der Waals surface area contributed by atoms with Crippen LogP contribution in [0, 0.1) is 0 Å². The van der Waals surface area contributed by atoms with Crippen LogP contribution in [-0.4, -0.2) is 38.7 Å². The van der Waals surface area contributed by atoms with Crippen molar-refractivity contribution in [3.8, 4) is 0 Å². The van der Waals surface area contributed by atoms with Crippen LogP contribution in [0.3, 0.4) is 0 Å². The Balaban J connectivity index is 2.07. The lowest BCUT2D eigenvalue weighted by Crippen LogP contribution is -2.39. The quantitative estimate of drug-likeness (QED) is 0.924. The molecule has 1 aliphatic heterocycles. The lowest BCUT2D eigenvalue weighted by atomic mass is 10.1. The van der Waals surface area contributed by atoms with E-state index in [0.29, 0.717) is 13.1 Å². The predicted molar refractivity (Wildman–Crippen MR) is 86.4 cm³/mol. The van der Waals surface area contributed by atoms with Gasteiger partial charge >= 0.3 is 0 Å². The van der Waals surface area contributed by atoms with Gasteiger partial charge in [-0.15, -0.1) is 5.10 Å². The van der Waals surface area contributed by atoms with Crippen LogP contribution in [0.2, 0.25) is 5.28 Å². The number of rotatable bonds is 4. The zero-order chi connectivity index (χ0) is 16.3. The van der Waals surface area contributed by atoms with Crippen LogP contribution >= 0.6 is 11.6 Å². The molecule has 1 aliphatic rings. The molecule has 7 heteroatoms. The molecule has 120 valence electrons. The zero-order valence-corrected chi connectivity index (χ0v) is 14.2. The number of aryl methyl sites for hydroxylation is 1. The highest BCUT2D eigenvalue weighted by molar-refractivity contribution is 6.28. The Morgan fingerprint density at radius 2 is 2.23 bits per heavy atom. The van der Waals surface area contributed by atoms with Crippen LogP contribution < -0.4 is 5.32 Å². The maximum Gasteiger partial charge on any atom is 0.291 e. The first kappa shape index (κ1) is 16.5. The van der Waals surface area contributed by atoms with Crippen LogP contribution in [0.4, 0.5) is 0 Å². The molecule has 1 amide bonds. The van der Waals surface area contributed by atoms with Gasteiger partial charge in [-0.2, -0.15) is 4.98 Å². The fourth-order valence-electron chi connectivity index (χ4n) is 2.28. The number of hydrogen-bond acceptors (Lipinski definition) is 4. The lowest BCUT2D eigenvalue weighted by molar-refractivity contribution is 0.0745. The number of aromatic nitrogens is 3. The lowest BCUT2D eigenvalue weighted by Gasteiger charge is -2.29. The summed E-state index contributed by atoms with van der Waals surface area (Å²) in [5.74, 6) is 0.136. The van der Waals surface area contributed by atoms with Gasteiger partial charge in [-0.3, -0.25) is 4.79 Å². The minimum atomic E-state index is -0.138. The summed E-state index contributed by atoms with van der Waals surface area (Å²) < 4.78 is 1.42. The number of nitrogens with one attached hydrogen (secondary N) is 1. The monoisotopic (exact) mass is 323 g/mol. The Labute approximate surface area is 135 Å². The summed E-state index contributed by atoms with van der Waals surface area (Å²) in [6.45, 7) is 7.51. The van der Waals surface area contributed by atoms with E-state index >= 15 is 0 Å². The second kappa shape index (κ2) is 6.96. The molecule has 6 nitrogen and oxygen atoms in total. The molecule has 0 saturated carbocycles. The Kier molecular flexibility index (Phi) is 5.24. The Morgan fingerprint density at radius 3 is 2.77 bits per heavy atom. The van der Waals surface area contributed by atoms with E-state index in [2.05, 4.69) is 29.2 Å². The topological polar surface area (TPSA) is 63.1 Å². The van der Waals surface area contributed by atoms with Crippen molar-refractivity contribution in [1.82, 2.24) is 25.0 Å². The molecule has 0 unspecified atom stereocenters. The van der Waals surface area contributed by atoms with Crippen molar-refractivity contribution < 1.29 is 4.79 Å². The summed E-state index contributed by atoms with van der Waals surface area (Å²) >= 11 is 5.75. The minimum Gasteiger partial charge on any atom is -0.365 e. The fourth-order valence-corrected chi connectivity index (χ4v) is 2.48. The molecule has 0 spiro atoms. The number of carbonyl (C=O) groups excluding carboxylic acids is 1. The maximum absolute atomic E-state index is 12.5. The minimum absolute atomic E-state index is 0.0951. The standard InChI is InChI=1S/C15H22ClN5O/c1-5-10(2)8-17-12-6-7-21(9-11(12)3)14(22)13-18-15(16)19-20(13)4/h8,17H,5-7,9H2,1-4H3. The van der Waals surface area contributed by atoms with Gasteiger partial charge in [0.2, 0.25) is 11.1 Å². The Hall–Kier alpha value is -1.82. The van der Waals surface area contributed by atoms with Gasteiger partial charge in [0.15, 0.2) is 0 Å². The number of amides is 1. The Bertz CT molecular complexity index is 632. The van der Waals surface area contributed by atoms with Crippen molar-refractivity contribution in [2.75, 3.05) is 13.1 Å². The van der Waals surface area contributed by atoms with E-state index in [1.54, 1.807) is 11.9 Å². The van der Waals surface area contributed by atoms with E-state index in [-0.39, 0.29) is 17.0 Å². The van der Waals surface area contributed by atoms with Crippen LogP contribution in [0.5, 0.6) is 0 Å². The van der Waals surface area contributed by atoms with Gasteiger partial charge in [-0.1, -0.05) is 12.5 Å². The molecule has 2 rings (SSSR count). The largest absolute Gasteiger partial charge is 0.365 e. The van der Waals surface area contributed by atoms with E-state index in [1.165, 1.54) is 16.0 Å². The average molecular weight is 324 g/mol. The van der Waals surface area contributed by atoms with Gasteiger partial charge in [0.05, 0.1) is 0 Å². The molecule has 1 aromatic rings. The summed E-state index contributed by atoms with van der Waals surface area (Å²) in [6.07, 6.45) is 3.87. The van der Waals surface area contributed by atoms with Crippen LogP contribution in [0.1, 0.15) is 44.2 Å². The fraction of sp³-hybridized carbons (Fsp3) is 0.533. The molecule has 1 N–H and O–H groups in total. The van der Waals surface area contributed by atoms with Crippen LogP contribution in [0.25, 0.3) is 0 Å².